The van der Waals surface area contributed by atoms with Gasteiger partial charge in [-0.15, -0.1) is 11.3 Å². The van der Waals surface area contributed by atoms with Gasteiger partial charge in [-0.1, -0.05) is 13.3 Å². The van der Waals surface area contributed by atoms with Gasteiger partial charge in [0.25, 0.3) is 0 Å². The number of unbranched alkanes of at least 4 members (excludes halogenated alkanes) is 1. The Morgan fingerprint density at radius 3 is 2.67 bits per heavy atom. The average Bonchev–Trinajstić information content (AvgIpc) is 2.77. The van der Waals surface area contributed by atoms with Crippen LogP contribution in [-0.4, -0.2) is 19.2 Å². The standard InChI is InChI=1S/C17H26BrNOS/c1-12(16(20-2)14-6-7-15(18)21-14)5-3-4-8-19-17-9-13(10-17)11-17/h6-7,12-13,16,19H,3-5,8-11H2,1-2H3. The summed E-state index contributed by atoms with van der Waals surface area (Å²) >= 11 is 5.33. The summed E-state index contributed by atoms with van der Waals surface area (Å²) in [6.45, 7) is 3.51. The molecule has 2 unspecified atom stereocenters. The van der Waals surface area contributed by atoms with Crippen LogP contribution < -0.4 is 5.32 Å². The first-order chi connectivity index (χ1) is 10.1. The van der Waals surface area contributed by atoms with Gasteiger partial charge in [0.2, 0.25) is 0 Å². The fraction of sp³-hybridized carbons (Fsp3) is 0.765. The van der Waals surface area contributed by atoms with Gasteiger partial charge in [0, 0.05) is 17.5 Å². The molecule has 21 heavy (non-hydrogen) atoms. The third kappa shape index (κ3) is 3.54. The molecule has 4 rings (SSSR count). The fourth-order valence-corrected chi connectivity index (χ4v) is 5.54. The van der Waals surface area contributed by atoms with Gasteiger partial charge in [0.15, 0.2) is 0 Å². The van der Waals surface area contributed by atoms with Crippen molar-refractivity contribution in [3.63, 3.8) is 0 Å². The van der Waals surface area contributed by atoms with Crippen molar-refractivity contribution in [2.45, 2.75) is 57.1 Å². The fourth-order valence-electron chi connectivity index (χ4n) is 3.90. The van der Waals surface area contributed by atoms with E-state index in [4.69, 9.17) is 4.74 Å². The zero-order chi connectivity index (χ0) is 14.9. The van der Waals surface area contributed by atoms with Crippen LogP contribution in [0.5, 0.6) is 0 Å². The van der Waals surface area contributed by atoms with Gasteiger partial charge in [-0.25, -0.2) is 0 Å². The van der Waals surface area contributed by atoms with E-state index < -0.39 is 0 Å². The van der Waals surface area contributed by atoms with Crippen LogP contribution in [0.2, 0.25) is 0 Å². The molecule has 1 N–H and O–H groups in total. The molecule has 2 atom stereocenters. The quantitative estimate of drug-likeness (QED) is 0.606. The van der Waals surface area contributed by atoms with E-state index in [1.807, 2.05) is 7.11 Å². The highest BCUT2D eigenvalue weighted by atomic mass is 79.9. The van der Waals surface area contributed by atoms with Gasteiger partial charge in [-0.2, -0.15) is 0 Å². The summed E-state index contributed by atoms with van der Waals surface area (Å²) in [7, 11) is 1.83. The van der Waals surface area contributed by atoms with E-state index in [0.717, 1.165) is 5.92 Å². The molecule has 3 fully saturated rings. The minimum atomic E-state index is 0.242. The van der Waals surface area contributed by atoms with Crippen LogP contribution in [-0.2, 0) is 4.74 Å². The van der Waals surface area contributed by atoms with Crippen molar-refractivity contribution in [1.29, 1.82) is 0 Å². The molecule has 3 aliphatic carbocycles. The van der Waals surface area contributed by atoms with Gasteiger partial charge >= 0.3 is 0 Å². The molecular formula is C17H26BrNOS. The van der Waals surface area contributed by atoms with Crippen molar-refractivity contribution in [1.82, 2.24) is 5.32 Å². The molecule has 1 aromatic heterocycles. The number of thiophene rings is 1. The molecular weight excluding hydrogens is 346 g/mol. The number of halogens is 1. The largest absolute Gasteiger partial charge is 0.376 e. The molecule has 2 bridgehead atoms. The van der Waals surface area contributed by atoms with Crippen molar-refractivity contribution in [3.05, 3.63) is 20.8 Å². The van der Waals surface area contributed by atoms with Gasteiger partial charge in [0.1, 0.15) is 0 Å². The van der Waals surface area contributed by atoms with Crippen LogP contribution in [0.4, 0.5) is 0 Å². The topological polar surface area (TPSA) is 21.3 Å². The summed E-state index contributed by atoms with van der Waals surface area (Å²) in [5, 5.41) is 3.78. The van der Waals surface area contributed by atoms with E-state index >= 15 is 0 Å². The molecule has 1 heterocycles. The first-order valence-electron chi connectivity index (χ1n) is 8.15. The number of ether oxygens (including phenoxy) is 1. The van der Waals surface area contributed by atoms with E-state index in [9.17, 15) is 0 Å². The Labute approximate surface area is 140 Å². The minimum Gasteiger partial charge on any atom is -0.376 e. The monoisotopic (exact) mass is 371 g/mol. The molecule has 0 saturated heterocycles. The molecule has 2 nitrogen and oxygen atoms in total. The van der Waals surface area contributed by atoms with Crippen molar-refractivity contribution in [3.8, 4) is 0 Å². The van der Waals surface area contributed by atoms with Gasteiger partial charge in [-0.05, 0) is 78.5 Å². The predicted molar refractivity (Wildman–Crippen MR) is 92.9 cm³/mol. The van der Waals surface area contributed by atoms with Crippen LogP contribution in [0.15, 0.2) is 15.9 Å². The maximum Gasteiger partial charge on any atom is 0.0938 e. The molecule has 1 aromatic rings. The highest BCUT2D eigenvalue weighted by Gasteiger charge is 2.55. The first-order valence-corrected chi connectivity index (χ1v) is 9.76. The van der Waals surface area contributed by atoms with Crippen LogP contribution in [0, 0.1) is 11.8 Å². The maximum absolute atomic E-state index is 5.73. The minimum absolute atomic E-state index is 0.242. The Morgan fingerprint density at radius 1 is 1.38 bits per heavy atom. The van der Waals surface area contributed by atoms with E-state index in [0.29, 0.717) is 11.5 Å². The van der Waals surface area contributed by atoms with Crippen LogP contribution in [0.25, 0.3) is 0 Å². The Balaban J connectivity index is 1.35. The van der Waals surface area contributed by atoms with Crippen LogP contribution in [0.3, 0.4) is 0 Å². The van der Waals surface area contributed by atoms with Crippen molar-refractivity contribution >= 4 is 27.3 Å². The van der Waals surface area contributed by atoms with Gasteiger partial charge in [0.05, 0.1) is 9.89 Å². The maximum atomic E-state index is 5.73. The summed E-state index contributed by atoms with van der Waals surface area (Å²) in [5.41, 5.74) is 0.592. The summed E-state index contributed by atoms with van der Waals surface area (Å²) in [5.74, 6) is 1.65. The molecule has 0 radical (unpaired) electrons. The summed E-state index contributed by atoms with van der Waals surface area (Å²) in [4.78, 5) is 1.34. The van der Waals surface area contributed by atoms with E-state index in [-0.39, 0.29) is 6.10 Å². The van der Waals surface area contributed by atoms with Crippen molar-refractivity contribution < 1.29 is 4.74 Å². The second-order valence-corrected chi connectivity index (χ2v) is 9.45. The average molecular weight is 372 g/mol. The molecule has 0 aliphatic heterocycles. The molecule has 3 saturated carbocycles. The molecule has 118 valence electrons. The molecule has 0 spiro atoms. The molecule has 3 aliphatic rings. The summed E-state index contributed by atoms with van der Waals surface area (Å²) < 4.78 is 6.92. The highest BCUT2D eigenvalue weighted by Crippen LogP contribution is 2.56. The normalized spacial score (nSPS) is 29.6. The lowest BCUT2D eigenvalue weighted by Crippen LogP contribution is -2.66. The lowest BCUT2D eigenvalue weighted by Gasteiger charge is -2.62. The zero-order valence-corrected chi connectivity index (χ0v) is 15.4. The lowest BCUT2D eigenvalue weighted by molar-refractivity contribution is -0.0504. The lowest BCUT2D eigenvalue weighted by atomic mass is 9.50. The smallest absolute Gasteiger partial charge is 0.0938 e. The van der Waals surface area contributed by atoms with Gasteiger partial charge in [-0.3, -0.25) is 0 Å². The number of rotatable bonds is 9. The Morgan fingerprint density at radius 2 is 2.14 bits per heavy atom. The molecule has 4 heteroatoms. The Hall–Kier alpha value is 0.1000. The number of nitrogens with one attached hydrogen (secondary N) is 1. The third-order valence-electron chi connectivity index (χ3n) is 5.27. The zero-order valence-electron chi connectivity index (χ0n) is 13.0. The van der Waals surface area contributed by atoms with Crippen LogP contribution in [0.1, 0.15) is 56.4 Å². The van der Waals surface area contributed by atoms with E-state index in [2.05, 4.69) is 40.3 Å². The van der Waals surface area contributed by atoms with Crippen molar-refractivity contribution in [2.24, 2.45) is 11.8 Å². The SMILES string of the molecule is COC(c1ccc(Br)s1)C(C)CCCCNC12CC(C1)C2. The van der Waals surface area contributed by atoms with Crippen LogP contribution >= 0.6 is 27.3 Å². The highest BCUT2D eigenvalue weighted by molar-refractivity contribution is 9.11. The third-order valence-corrected chi connectivity index (χ3v) is 6.95. The first kappa shape index (κ1) is 16.0. The number of hydrogen-bond donors (Lipinski definition) is 1. The van der Waals surface area contributed by atoms with Gasteiger partial charge < -0.3 is 10.1 Å². The number of hydrogen-bond acceptors (Lipinski definition) is 3. The number of methoxy groups -OCH3 is 1. The Bertz CT molecular complexity index is 458. The molecule has 0 aromatic carbocycles. The molecule has 0 amide bonds. The van der Waals surface area contributed by atoms with Crippen molar-refractivity contribution in [2.75, 3.05) is 13.7 Å². The second kappa shape index (κ2) is 6.69. The predicted octanol–water partition coefficient (Wildman–Crippen LogP) is 5.15. The second-order valence-electron chi connectivity index (χ2n) is 6.96. The summed E-state index contributed by atoms with van der Waals surface area (Å²) in [6, 6.07) is 4.30. The Kier molecular flexibility index (Phi) is 5.09. The van der Waals surface area contributed by atoms with E-state index in [1.165, 1.54) is 53.7 Å². The summed E-state index contributed by atoms with van der Waals surface area (Å²) in [6.07, 6.45) is 8.41. The van der Waals surface area contributed by atoms with E-state index in [1.54, 1.807) is 11.3 Å².